The molecule has 0 fully saturated rings. The minimum Gasteiger partial charge on any atom is -0.494 e. The highest BCUT2D eigenvalue weighted by atomic mass is 35.5. The van der Waals surface area contributed by atoms with Crippen LogP contribution in [-0.4, -0.2) is 34.6 Å². The third-order valence-corrected chi connectivity index (χ3v) is 4.77. The van der Waals surface area contributed by atoms with E-state index in [9.17, 15) is 9.59 Å². The lowest BCUT2D eigenvalue weighted by atomic mass is 10.3. The van der Waals surface area contributed by atoms with E-state index in [1.54, 1.807) is 6.07 Å². The summed E-state index contributed by atoms with van der Waals surface area (Å²) in [7, 11) is 0. The lowest BCUT2D eigenvalue weighted by Crippen LogP contribution is -2.30. The van der Waals surface area contributed by atoms with Gasteiger partial charge in [-0.15, -0.1) is 0 Å². The number of fused-ring (bicyclic) bond motifs is 1. The van der Waals surface area contributed by atoms with E-state index in [4.69, 9.17) is 21.1 Å². The fraction of sp³-hybridized carbons (Fsp3) is 0.222. The van der Waals surface area contributed by atoms with Crippen molar-refractivity contribution in [1.29, 1.82) is 0 Å². The predicted octanol–water partition coefficient (Wildman–Crippen LogP) is 3.93. The van der Waals surface area contributed by atoms with Crippen LogP contribution in [0.25, 0.3) is 10.2 Å². The molecule has 2 heterocycles. The van der Waals surface area contributed by atoms with E-state index in [0.29, 0.717) is 11.7 Å². The van der Waals surface area contributed by atoms with Crippen molar-refractivity contribution in [2.24, 2.45) is 0 Å². The van der Waals surface area contributed by atoms with Crippen molar-refractivity contribution in [2.75, 3.05) is 11.9 Å². The number of rotatable bonds is 6. The molecular weight excluding hydrogens is 390 g/mol. The Labute approximate surface area is 164 Å². The SMILES string of the molecule is CCOc1ccc2nc(NC(=O)C(C)OC(=O)c3cccnc3Cl)sc2c1. The summed E-state index contributed by atoms with van der Waals surface area (Å²) < 4.78 is 11.5. The quantitative estimate of drug-likeness (QED) is 0.493. The van der Waals surface area contributed by atoms with E-state index in [1.165, 1.54) is 30.5 Å². The van der Waals surface area contributed by atoms with Crippen LogP contribution in [0.5, 0.6) is 5.75 Å². The molecule has 140 valence electrons. The summed E-state index contributed by atoms with van der Waals surface area (Å²) in [6, 6.07) is 8.54. The van der Waals surface area contributed by atoms with Crippen LogP contribution in [0.2, 0.25) is 5.15 Å². The lowest BCUT2D eigenvalue weighted by molar-refractivity contribution is -0.123. The Kier molecular flexibility index (Phi) is 5.88. The first-order valence-corrected chi connectivity index (χ1v) is 9.33. The first kappa shape index (κ1) is 19.1. The van der Waals surface area contributed by atoms with Gasteiger partial charge in [0.1, 0.15) is 10.9 Å². The summed E-state index contributed by atoms with van der Waals surface area (Å²) in [5.74, 6) is -0.476. The molecule has 3 aromatic rings. The van der Waals surface area contributed by atoms with Crippen LogP contribution < -0.4 is 10.1 Å². The Morgan fingerprint density at radius 3 is 2.89 bits per heavy atom. The summed E-state index contributed by atoms with van der Waals surface area (Å²) in [4.78, 5) is 32.6. The molecule has 1 atom stereocenters. The highest BCUT2D eigenvalue weighted by Crippen LogP contribution is 2.29. The highest BCUT2D eigenvalue weighted by molar-refractivity contribution is 7.22. The van der Waals surface area contributed by atoms with E-state index in [-0.39, 0.29) is 10.7 Å². The zero-order valence-electron chi connectivity index (χ0n) is 14.6. The molecule has 0 saturated carbocycles. The van der Waals surface area contributed by atoms with Gasteiger partial charge in [0.15, 0.2) is 11.2 Å². The van der Waals surface area contributed by atoms with E-state index in [2.05, 4.69) is 15.3 Å². The first-order chi connectivity index (χ1) is 13.0. The number of esters is 1. The molecule has 0 aliphatic heterocycles. The molecule has 0 saturated heterocycles. The summed E-state index contributed by atoms with van der Waals surface area (Å²) in [5, 5.41) is 3.08. The molecule has 0 aliphatic rings. The smallest absolute Gasteiger partial charge is 0.342 e. The Morgan fingerprint density at radius 2 is 2.15 bits per heavy atom. The maximum atomic E-state index is 12.3. The Morgan fingerprint density at radius 1 is 1.33 bits per heavy atom. The molecule has 0 spiro atoms. The molecule has 3 rings (SSSR count). The van der Waals surface area contributed by atoms with Gasteiger partial charge in [0.25, 0.3) is 5.91 Å². The molecule has 1 aromatic carbocycles. The molecule has 1 N–H and O–H groups in total. The Bertz CT molecular complexity index is 992. The molecule has 1 amide bonds. The molecule has 27 heavy (non-hydrogen) atoms. The minimum atomic E-state index is -1.03. The number of anilines is 1. The van der Waals surface area contributed by atoms with Crippen LogP contribution in [0, 0.1) is 0 Å². The fourth-order valence-corrected chi connectivity index (χ4v) is 3.33. The number of halogens is 1. The normalized spacial score (nSPS) is 11.8. The van der Waals surface area contributed by atoms with Gasteiger partial charge < -0.3 is 9.47 Å². The van der Waals surface area contributed by atoms with Gasteiger partial charge in [-0.05, 0) is 44.2 Å². The van der Waals surface area contributed by atoms with Crippen LogP contribution in [0.15, 0.2) is 36.5 Å². The standard InChI is InChI=1S/C18H16ClN3O4S/c1-3-25-11-6-7-13-14(9-11)27-18(21-13)22-16(23)10(2)26-17(24)12-5-4-8-20-15(12)19/h4-10H,3H2,1-2H3,(H,21,22,23). The number of ether oxygens (including phenoxy) is 2. The van der Waals surface area contributed by atoms with Crippen molar-refractivity contribution in [3.8, 4) is 5.75 Å². The van der Waals surface area contributed by atoms with Crippen LogP contribution >= 0.6 is 22.9 Å². The number of nitrogens with one attached hydrogen (secondary N) is 1. The van der Waals surface area contributed by atoms with Gasteiger partial charge in [-0.2, -0.15) is 0 Å². The van der Waals surface area contributed by atoms with Gasteiger partial charge in [-0.3, -0.25) is 10.1 Å². The van der Waals surface area contributed by atoms with Gasteiger partial charge in [-0.25, -0.2) is 14.8 Å². The number of carbonyl (C=O) groups is 2. The third-order valence-electron chi connectivity index (χ3n) is 3.53. The molecule has 0 bridgehead atoms. The second kappa shape index (κ2) is 8.32. The minimum absolute atomic E-state index is 0.0198. The maximum Gasteiger partial charge on any atom is 0.342 e. The highest BCUT2D eigenvalue weighted by Gasteiger charge is 2.22. The molecule has 2 aromatic heterocycles. The molecule has 0 aliphatic carbocycles. The number of amides is 1. The number of thiazole rings is 1. The van der Waals surface area contributed by atoms with E-state index >= 15 is 0 Å². The van der Waals surface area contributed by atoms with E-state index < -0.39 is 18.0 Å². The van der Waals surface area contributed by atoms with Gasteiger partial charge in [-0.1, -0.05) is 22.9 Å². The second-order valence-corrected chi connectivity index (χ2v) is 6.85. The number of hydrogen-bond acceptors (Lipinski definition) is 7. The molecule has 0 radical (unpaired) electrons. The second-order valence-electron chi connectivity index (χ2n) is 5.46. The first-order valence-electron chi connectivity index (χ1n) is 8.13. The zero-order valence-corrected chi connectivity index (χ0v) is 16.1. The molecular formula is C18H16ClN3O4S. The van der Waals surface area contributed by atoms with Crippen LogP contribution in [0.1, 0.15) is 24.2 Å². The average molecular weight is 406 g/mol. The monoisotopic (exact) mass is 405 g/mol. The average Bonchev–Trinajstić information content (AvgIpc) is 3.03. The number of carbonyl (C=O) groups excluding carboxylic acids is 2. The lowest BCUT2D eigenvalue weighted by Gasteiger charge is -2.12. The van der Waals surface area contributed by atoms with Crippen molar-refractivity contribution in [1.82, 2.24) is 9.97 Å². The van der Waals surface area contributed by atoms with Crippen LogP contribution in [0.4, 0.5) is 5.13 Å². The van der Waals surface area contributed by atoms with Crippen LogP contribution in [0.3, 0.4) is 0 Å². The van der Waals surface area contributed by atoms with Crippen molar-refractivity contribution in [2.45, 2.75) is 20.0 Å². The number of pyridine rings is 1. The molecule has 7 nitrogen and oxygen atoms in total. The van der Waals surface area contributed by atoms with Crippen molar-refractivity contribution < 1.29 is 19.1 Å². The predicted molar refractivity (Wildman–Crippen MR) is 104 cm³/mol. The van der Waals surface area contributed by atoms with Gasteiger partial charge in [0, 0.05) is 6.20 Å². The van der Waals surface area contributed by atoms with Crippen molar-refractivity contribution in [3.63, 3.8) is 0 Å². The Balaban J connectivity index is 1.66. The number of aromatic nitrogens is 2. The zero-order chi connectivity index (χ0) is 19.4. The van der Waals surface area contributed by atoms with Crippen LogP contribution in [-0.2, 0) is 9.53 Å². The number of benzene rings is 1. The van der Waals surface area contributed by atoms with E-state index in [1.807, 2.05) is 25.1 Å². The largest absolute Gasteiger partial charge is 0.494 e. The summed E-state index contributed by atoms with van der Waals surface area (Å²) >= 11 is 7.17. The summed E-state index contributed by atoms with van der Waals surface area (Å²) in [6.07, 6.45) is 0.430. The number of hydrogen-bond donors (Lipinski definition) is 1. The fourth-order valence-electron chi connectivity index (χ4n) is 2.24. The van der Waals surface area contributed by atoms with Crippen molar-refractivity contribution in [3.05, 3.63) is 47.2 Å². The molecule has 1 unspecified atom stereocenters. The van der Waals surface area contributed by atoms with Gasteiger partial charge in [0.05, 0.1) is 22.4 Å². The Hall–Kier alpha value is -2.71. The summed E-state index contributed by atoms with van der Waals surface area (Å²) in [5.41, 5.74) is 0.841. The third kappa shape index (κ3) is 4.53. The maximum absolute atomic E-state index is 12.3. The van der Waals surface area contributed by atoms with Crippen molar-refractivity contribution >= 4 is 50.2 Å². The molecule has 9 heteroatoms. The van der Waals surface area contributed by atoms with Gasteiger partial charge in [0.2, 0.25) is 0 Å². The topological polar surface area (TPSA) is 90.4 Å². The van der Waals surface area contributed by atoms with E-state index in [0.717, 1.165) is 16.0 Å². The van der Waals surface area contributed by atoms with Gasteiger partial charge >= 0.3 is 5.97 Å². The summed E-state index contributed by atoms with van der Waals surface area (Å²) in [6.45, 7) is 3.94. The number of nitrogens with zero attached hydrogens (tertiary/aromatic N) is 2.